The van der Waals surface area contributed by atoms with E-state index in [1.54, 1.807) is 0 Å². The van der Waals surface area contributed by atoms with Crippen LogP contribution >= 0.6 is 11.6 Å². The summed E-state index contributed by atoms with van der Waals surface area (Å²) in [7, 11) is -3.15. The average molecular weight is 627 g/mol. The lowest BCUT2D eigenvalue weighted by Gasteiger charge is -2.13. The van der Waals surface area contributed by atoms with Crippen molar-refractivity contribution in [2.45, 2.75) is 17.2 Å². The molecule has 0 saturated heterocycles. The first-order valence-electron chi connectivity index (χ1n) is 11.6. The lowest BCUT2D eigenvalue weighted by Crippen LogP contribution is -2.12. The number of aromatic nitrogens is 5. The number of hydrogen-bond donors (Lipinski definition) is 2. The van der Waals surface area contributed by atoms with Gasteiger partial charge in [-0.1, -0.05) is 23.7 Å². The first kappa shape index (κ1) is 28.9. The Hall–Kier alpha value is -4.57. The molecule has 0 bridgehead atoms. The molecule has 0 unspecified atom stereocenters. The molecule has 0 spiro atoms. The van der Waals surface area contributed by atoms with Crippen LogP contribution in [0.1, 0.15) is 22.6 Å². The summed E-state index contributed by atoms with van der Waals surface area (Å²) in [5.74, 6) is -5.90. The van der Waals surface area contributed by atoms with Gasteiger partial charge in [-0.25, -0.2) is 31.3 Å². The summed E-state index contributed by atoms with van der Waals surface area (Å²) in [6.45, 7) is -2.94. The maximum atomic E-state index is 15.6. The molecule has 0 fully saturated rings. The second kappa shape index (κ2) is 11.0. The molecule has 0 radical (unpaired) electrons. The molecule has 10 nitrogen and oxygen atoms in total. The number of anilines is 1. The number of ether oxygens (including phenoxy) is 1. The first-order valence-corrected chi connectivity index (χ1v) is 13.6. The van der Waals surface area contributed by atoms with E-state index >= 15 is 8.78 Å². The van der Waals surface area contributed by atoms with E-state index in [1.807, 2.05) is 0 Å². The molecule has 42 heavy (non-hydrogen) atoms. The number of alkyl halides is 2. The predicted molar refractivity (Wildman–Crippen MR) is 140 cm³/mol. The highest BCUT2D eigenvalue weighted by Gasteiger charge is 2.28. The van der Waals surface area contributed by atoms with E-state index in [0.29, 0.717) is 4.68 Å². The third-order valence-corrected chi connectivity index (χ3v) is 7.91. The van der Waals surface area contributed by atoms with Crippen molar-refractivity contribution in [2.75, 3.05) is 12.4 Å². The van der Waals surface area contributed by atoms with Crippen LogP contribution in [0.2, 0.25) is 5.02 Å². The van der Waals surface area contributed by atoms with Crippen LogP contribution in [0.15, 0.2) is 53.8 Å². The maximum Gasteiger partial charge on any atom is 0.333 e. The fourth-order valence-electron chi connectivity index (χ4n) is 4.14. The largest absolute Gasteiger partial charge is 0.480 e. The van der Waals surface area contributed by atoms with Crippen molar-refractivity contribution in [3.8, 4) is 17.0 Å². The van der Waals surface area contributed by atoms with Gasteiger partial charge in [-0.2, -0.15) is 19.0 Å². The van der Waals surface area contributed by atoms with Gasteiger partial charge in [0.1, 0.15) is 27.7 Å². The normalized spacial score (nSPS) is 11.8. The molecule has 0 saturated carbocycles. The van der Waals surface area contributed by atoms with Gasteiger partial charge in [0.15, 0.2) is 15.7 Å². The van der Waals surface area contributed by atoms with E-state index < -0.39 is 72.6 Å². The molecular formula is C25H16ClF5N6O4S. The van der Waals surface area contributed by atoms with Crippen molar-refractivity contribution in [1.29, 1.82) is 0 Å². The Labute approximate surface area is 238 Å². The monoisotopic (exact) mass is 626 g/mol. The van der Waals surface area contributed by atoms with Crippen LogP contribution in [0.3, 0.4) is 0 Å². The van der Waals surface area contributed by atoms with Crippen LogP contribution in [-0.2, 0) is 15.6 Å². The molecule has 3 aromatic heterocycles. The number of rotatable bonds is 8. The number of sulfone groups is 1. The number of aromatic amines is 1. The van der Waals surface area contributed by atoms with Gasteiger partial charge in [-0.05, 0) is 18.2 Å². The summed E-state index contributed by atoms with van der Waals surface area (Å²) in [6.07, 6.45) is 3.00. The molecule has 1 amide bonds. The molecule has 3 heterocycles. The van der Waals surface area contributed by atoms with E-state index in [1.165, 1.54) is 13.2 Å². The quantitative estimate of drug-likeness (QED) is 0.217. The topological polar surface area (TPSA) is 132 Å². The molecular weight excluding hydrogens is 611 g/mol. The van der Waals surface area contributed by atoms with E-state index in [9.17, 15) is 26.4 Å². The van der Waals surface area contributed by atoms with Gasteiger partial charge in [0, 0.05) is 22.7 Å². The van der Waals surface area contributed by atoms with Crippen LogP contribution in [-0.4, -0.2) is 46.4 Å². The standard InChI is InChI=1S/C25H16ClF5N6O4S/c1-41-24-17(6-12(26)7-32-24)42(39,40)10-11-2-5-16(27)18(19(11)28)14-3-4-15-21(20(14)29)35-36-22(15)23(38)34-13-8-33-37(9-13)25(30)31/h2-9,25H,10H2,1H3,(H,34,38)(H,35,36). The summed E-state index contributed by atoms with van der Waals surface area (Å²) < 4.78 is 103. The van der Waals surface area contributed by atoms with Gasteiger partial charge in [-0.3, -0.25) is 9.89 Å². The Balaban J connectivity index is 1.50. The number of nitrogens with zero attached hydrogens (tertiary/aromatic N) is 4. The van der Waals surface area contributed by atoms with Gasteiger partial charge in [0.05, 0.1) is 41.5 Å². The lowest BCUT2D eigenvalue weighted by molar-refractivity contribution is 0.0566. The number of methoxy groups -OCH3 is 1. The summed E-state index contributed by atoms with van der Waals surface area (Å²) in [6, 6.07) is 4.90. The number of hydrogen-bond acceptors (Lipinski definition) is 7. The zero-order valence-corrected chi connectivity index (χ0v) is 22.6. The third kappa shape index (κ3) is 5.25. The molecule has 0 atom stereocenters. The van der Waals surface area contributed by atoms with E-state index in [-0.39, 0.29) is 27.7 Å². The third-order valence-electron chi connectivity index (χ3n) is 6.05. The second-order valence-electron chi connectivity index (χ2n) is 8.68. The molecule has 218 valence electrons. The van der Waals surface area contributed by atoms with Crippen LogP contribution < -0.4 is 10.1 Å². The highest BCUT2D eigenvalue weighted by molar-refractivity contribution is 7.90. The average Bonchev–Trinajstić information content (AvgIpc) is 3.59. The van der Waals surface area contributed by atoms with Gasteiger partial charge in [0.25, 0.3) is 5.91 Å². The molecule has 0 aliphatic heterocycles. The Kier molecular flexibility index (Phi) is 7.59. The van der Waals surface area contributed by atoms with Crippen molar-refractivity contribution in [3.63, 3.8) is 0 Å². The van der Waals surface area contributed by atoms with Crippen LogP contribution in [0, 0.1) is 17.5 Å². The number of halogens is 6. The Morgan fingerprint density at radius 2 is 1.90 bits per heavy atom. The van der Waals surface area contributed by atoms with Gasteiger partial charge in [0.2, 0.25) is 5.88 Å². The maximum absolute atomic E-state index is 15.6. The minimum Gasteiger partial charge on any atom is -0.480 e. The highest BCUT2D eigenvalue weighted by atomic mass is 35.5. The van der Waals surface area contributed by atoms with Crippen LogP contribution in [0.5, 0.6) is 5.88 Å². The molecule has 5 aromatic rings. The molecule has 5 rings (SSSR count). The van der Waals surface area contributed by atoms with Gasteiger partial charge in [-0.15, -0.1) is 0 Å². The molecule has 2 aromatic carbocycles. The number of fused-ring (bicyclic) bond motifs is 1. The van der Waals surface area contributed by atoms with E-state index in [2.05, 4.69) is 25.6 Å². The molecule has 0 aliphatic rings. The van der Waals surface area contributed by atoms with Crippen molar-refractivity contribution in [3.05, 3.63) is 82.7 Å². The predicted octanol–water partition coefficient (Wildman–Crippen LogP) is 5.52. The molecule has 17 heteroatoms. The number of amides is 1. The number of carbonyl (C=O) groups excluding carboxylic acids is 1. The summed E-state index contributed by atoms with van der Waals surface area (Å²) in [5, 5.41) is 11.6. The molecule has 2 N–H and O–H groups in total. The second-order valence-corrected chi connectivity index (χ2v) is 11.1. The van der Waals surface area contributed by atoms with Crippen molar-refractivity contribution in [2.24, 2.45) is 0 Å². The SMILES string of the molecule is COc1ncc(Cl)cc1S(=O)(=O)Cc1ccc(F)c(-c2ccc3c(C(=O)Nc4cnn(C(F)F)c4)[nH]nc3c2F)c1F. The molecule has 0 aliphatic carbocycles. The van der Waals surface area contributed by atoms with E-state index in [0.717, 1.165) is 42.9 Å². The number of pyridine rings is 1. The summed E-state index contributed by atoms with van der Waals surface area (Å²) in [5.41, 5.74) is -2.78. The van der Waals surface area contributed by atoms with Crippen molar-refractivity contribution in [1.82, 2.24) is 25.0 Å². The highest BCUT2D eigenvalue weighted by Crippen LogP contribution is 2.36. The zero-order chi connectivity index (χ0) is 30.3. The first-order chi connectivity index (χ1) is 19.9. The fraction of sp³-hybridized carbons (Fsp3) is 0.120. The number of benzene rings is 2. The Bertz CT molecular complexity index is 1960. The minimum atomic E-state index is -4.33. The number of carbonyl (C=O) groups is 1. The van der Waals surface area contributed by atoms with Crippen molar-refractivity contribution < 1.29 is 39.9 Å². The minimum absolute atomic E-state index is 0.0275. The van der Waals surface area contributed by atoms with Gasteiger partial charge >= 0.3 is 6.55 Å². The smallest absolute Gasteiger partial charge is 0.333 e. The Morgan fingerprint density at radius 3 is 2.60 bits per heavy atom. The van der Waals surface area contributed by atoms with Crippen LogP contribution in [0.25, 0.3) is 22.0 Å². The fourth-order valence-corrected chi connectivity index (χ4v) is 5.86. The Morgan fingerprint density at radius 1 is 1.14 bits per heavy atom. The van der Waals surface area contributed by atoms with Crippen molar-refractivity contribution >= 4 is 43.9 Å². The van der Waals surface area contributed by atoms with E-state index in [4.69, 9.17) is 16.3 Å². The number of H-pyrrole nitrogens is 1. The summed E-state index contributed by atoms with van der Waals surface area (Å²) >= 11 is 5.87. The van der Waals surface area contributed by atoms with Gasteiger partial charge < -0.3 is 10.1 Å². The van der Waals surface area contributed by atoms with Crippen LogP contribution in [0.4, 0.5) is 27.6 Å². The summed E-state index contributed by atoms with van der Waals surface area (Å²) in [4.78, 5) is 16.0. The number of nitrogens with one attached hydrogen (secondary N) is 2. The zero-order valence-electron chi connectivity index (χ0n) is 21.0. The lowest BCUT2D eigenvalue weighted by atomic mass is 9.99.